The Bertz CT molecular complexity index is 529. The lowest BCUT2D eigenvalue weighted by Gasteiger charge is -2.26. The second-order valence-electron chi connectivity index (χ2n) is 4.34. The van der Waals surface area contributed by atoms with Crippen LogP contribution in [0.3, 0.4) is 0 Å². The molecule has 1 rings (SSSR count). The fourth-order valence-corrected chi connectivity index (χ4v) is 3.60. The van der Waals surface area contributed by atoms with Gasteiger partial charge in [-0.1, -0.05) is 0 Å². The Balaban J connectivity index is 3.36. The van der Waals surface area contributed by atoms with Crippen molar-refractivity contribution in [3.8, 4) is 5.75 Å². The maximum absolute atomic E-state index is 12.6. The molecule has 6 nitrogen and oxygen atoms in total. The molecule has 1 aromatic rings. The van der Waals surface area contributed by atoms with E-state index in [1.54, 1.807) is 19.9 Å². The first-order chi connectivity index (χ1) is 8.84. The van der Waals surface area contributed by atoms with Gasteiger partial charge in [-0.3, -0.25) is 0 Å². The van der Waals surface area contributed by atoms with Gasteiger partial charge in [0.2, 0.25) is 10.0 Å². The van der Waals surface area contributed by atoms with Crippen LogP contribution in [0.2, 0.25) is 0 Å². The van der Waals surface area contributed by atoms with E-state index in [1.165, 1.54) is 23.5 Å². The first-order valence-electron chi connectivity index (χ1n) is 5.90. The Morgan fingerprint density at radius 2 is 2.05 bits per heavy atom. The fraction of sp³-hybridized carbons (Fsp3) is 0.500. The van der Waals surface area contributed by atoms with Crippen LogP contribution in [0.25, 0.3) is 0 Å². The summed E-state index contributed by atoms with van der Waals surface area (Å²) in [5, 5.41) is 9.01. The van der Waals surface area contributed by atoms with Gasteiger partial charge in [-0.2, -0.15) is 4.31 Å². The molecular weight excluding hydrogens is 268 g/mol. The zero-order valence-corrected chi connectivity index (χ0v) is 12.1. The van der Waals surface area contributed by atoms with Gasteiger partial charge in [0.05, 0.1) is 13.7 Å². The minimum absolute atomic E-state index is 0.0112. The van der Waals surface area contributed by atoms with Crippen LogP contribution < -0.4 is 10.5 Å². The zero-order chi connectivity index (χ0) is 14.6. The first-order valence-corrected chi connectivity index (χ1v) is 7.34. The number of nitrogens with two attached hydrogens (primary N) is 1. The minimum Gasteiger partial charge on any atom is -0.495 e. The summed E-state index contributed by atoms with van der Waals surface area (Å²) >= 11 is 0. The molecule has 0 atom stereocenters. The molecule has 7 heteroatoms. The standard InChI is InChI=1S/C12H20N2O4S/c1-9(2)14(6-7-15)19(16,17)12-8-10(13)4-5-11(12)18-3/h4-5,8-9,15H,6-7,13H2,1-3H3. The monoisotopic (exact) mass is 288 g/mol. The van der Waals surface area contributed by atoms with E-state index in [9.17, 15) is 8.42 Å². The molecule has 0 saturated carbocycles. The molecule has 0 unspecified atom stereocenters. The van der Waals surface area contributed by atoms with Crippen molar-refractivity contribution in [2.45, 2.75) is 24.8 Å². The lowest BCUT2D eigenvalue weighted by molar-refractivity contribution is 0.236. The highest BCUT2D eigenvalue weighted by atomic mass is 32.2. The third-order valence-electron chi connectivity index (χ3n) is 2.67. The largest absolute Gasteiger partial charge is 0.495 e. The molecule has 1 aromatic carbocycles. The van der Waals surface area contributed by atoms with Crippen LogP contribution in [0, 0.1) is 0 Å². The lowest BCUT2D eigenvalue weighted by atomic mass is 10.3. The van der Waals surface area contributed by atoms with Gasteiger partial charge in [0.15, 0.2) is 0 Å². The van der Waals surface area contributed by atoms with Gasteiger partial charge in [-0.25, -0.2) is 8.42 Å². The van der Waals surface area contributed by atoms with Crippen molar-refractivity contribution in [1.82, 2.24) is 4.31 Å². The second-order valence-corrected chi connectivity index (χ2v) is 6.20. The van der Waals surface area contributed by atoms with Crippen molar-refractivity contribution in [3.63, 3.8) is 0 Å². The van der Waals surface area contributed by atoms with Crippen LogP contribution in [0.5, 0.6) is 5.75 Å². The van der Waals surface area contributed by atoms with Gasteiger partial charge >= 0.3 is 0 Å². The molecule has 108 valence electrons. The van der Waals surface area contributed by atoms with Crippen molar-refractivity contribution in [1.29, 1.82) is 0 Å². The van der Waals surface area contributed by atoms with E-state index < -0.39 is 10.0 Å². The normalized spacial score (nSPS) is 12.1. The fourth-order valence-electron chi connectivity index (χ4n) is 1.78. The van der Waals surface area contributed by atoms with E-state index in [0.717, 1.165) is 0 Å². The summed E-state index contributed by atoms with van der Waals surface area (Å²) < 4.78 is 31.4. The Morgan fingerprint density at radius 3 is 2.53 bits per heavy atom. The molecule has 0 aliphatic heterocycles. The predicted octanol–water partition coefficient (Wildman–Crippen LogP) is 0.669. The quantitative estimate of drug-likeness (QED) is 0.750. The van der Waals surface area contributed by atoms with Gasteiger partial charge < -0.3 is 15.6 Å². The molecule has 0 spiro atoms. The highest BCUT2D eigenvalue weighted by molar-refractivity contribution is 7.89. The average Bonchev–Trinajstić information content (AvgIpc) is 2.35. The maximum Gasteiger partial charge on any atom is 0.247 e. The Morgan fingerprint density at radius 1 is 1.42 bits per heavy atom. The molecule has 0 heterocycles. The number of hydrogen-bond acceptors (Lipinski definition) is 5. The van der Waals surface area contributed by atoms with Crippen LogP contribution in [0.15, 0.2) is 23.1 Å². The number of anilines is 1. The maximum atomic E-state index is 12.6. The molecule has 19 heavy (non-hydrogen) atoms. The third-order valence-corrected chi connectivity index (χ3v) is 4.77. The molecular formula is C12H20N2O4S. The Kier molecular flexibility index (Phi) is 5.16. The van der Waals surface area contributed by atoms with Gasteiger partial charge in [0, 0.05) is 18.3 Å². The molecule has 0 aliphatic rings. The van der Waals surface area contributed by atoms with E-state index in [2.05, 4.69) is 0 Å². The summed E-state index contributed by atoms with van der Waals surface area (Å²) in [6, 6.07) is 4.17. The molecule has 0 aliphatic carbocycles. The van der Waals surface area contributed by atoms with Gasteiger partial charge in [0.25, 0.3) is 0 Å². The lowest BCUT2D eigenvalue weighted by Crippen LogP contribution is -2.39. The first kappa shape index (κ1) is 15.7. The van der Waals surface area contributed by atoms with E-state index in [0.29, 0.717) is 5.69 Å². The zero-order valence-electron chi connectivity index (χ0n) is 11.3. The van der Waals surface area contributed by atoms with E-state index >= 15 is 0 Å². The van der Waals surface area contributed by atoms with Crippen LogP contribution in [0.1, 0.15) is 13.8 Å². The summed E-state index contributed by atoms with van der Waals surface area (Å²) in [5.74, 6) is 0.234. The van der Waals surface area contributed by atoms with Crippen molar-refractivity contribution >= 4 is 15.7 Å². The predicted molar refractivity (Wildman–Crippen MR) is 73.5 cm³/mol. The van der Waals surface area contributed by atoms with Crippen LogP contribution in [0.4, 0.5) is 5.69 Å². The number of aliphatic hydroxyl groups is 1. The van der Waals surface area contributed by atoms with E-state index in [-0.39, 0.29) is 29.8 Å². The Labute approximate surface area is 113 Å². The minimum atomic E-state index is -3.76. The number of sulfonamides is 1. The van der Waals surface area contributed by atoms with Crippen molar-refractivity contribution in [2.24, 2.45) is 0 Å². The number of aliphatic hydroxyl groups excluding tert-OH is 1. The number of nitrogens with zero attached hydrogens (tertiary/aromatic N) is 1. The number of ether oxygens (including phenoxy) is 1. The van der Waals surface area contributed by atoms with Gasteiger partial charge in [0.1, 0.15) is 10.6 Å². The van der Waals surface area contributed by atoms with Crippen LogP contribution in [-0.4, -0.2) is 44.1 Å². The number of methoxy groups -OCH3 is 1. The van der Waals surface area contributed by atoms with Crippen molar-refractivity contribution in [2.75, 3.05) is 26.0 Å². The summed E-state index contributed by atoms with van der Waals surface area (Å²) in [6.45, 7) is 3.26. The molecule has 0 saturated heterocycles. The SMILES string of the molecule is COc1ccc(N)cc1S(=O)(=O)N(CCO)C(C)C. The van der Waals surface area contributed by atoms with Crippen molar-refractivity contribution in [3.05, 3.63) is 18.2 Å². The third kappa shape index (κ3) is 3.37. The number of hydrogen-bond donors (Lipinski definition) is 2. The second kappa shape index (κ2) is 6.23. The van der Waals surface area contributed by atoms with Crippen LogP contribution >= 0.6 is 0 Å². The molecule has 3 N–H and O–H groups in total. The topological polar surface area (TPSA) is 92.9 Å². The molecule has 0 amide bonds. The number of benzene rings is 1. The molecule has 0 fully saturated rings. The summed E-state index contributed by atoms with van der Waals surface area (Å²) in [7, 11) is -2.36. The summed E-state index contributed by atoms with van der Waals surface area (Å²) in [5.41, 5.74) is 5.98. The van der Waals surface area contributed by atoms with Gasteiger partial charge in [-0.05, 0) is 32.0 Å². The Hall–Kier alpha value is -1.31. The van der Waals surface area contributed by atoms with Crippen molar-refractivity contribution < 1.29 is 18.3 Å². The molecule has 0 aromatic heterocycles. The van der Waals surface area contributed by atoms with Crippen LogP contribution in [-0.2, 0) is 10.0 Å². The van der Waals surface area contributed by atoms with E-state index in [4.69, 9.17) is 15.6 Å². The molecule has 0 radical (unpaired) electrons. The highest BCUT2D eigenvalue weighted by Gasteiger charge is 2.29. The summed E-state index contributed by atoms with van der Waals surface area (Å²) in [6.07, 6.45) is 0. The smallest absolute Gasteiger partial charge is 0.247 e. The molecule has 0 bridgehead atoms. The summed E-state index contributed by atoms with van der Waals surface area (Å²) in [4.78, 5) is 0.0112. The average molecular weight is 288 g/mol. The number of rotatable bonds is 6. The highest BCUT2D eigenvalue weighted by Crippen LogP contribution is 2.29. The number of nitrogen functional groups attached to an aromatic ring is 1. The van der Waals surface area contributed by atoms with E-state index in [1.807, 2.05) is 0 Å². The van der Waals surface area contributed by atoms with Gasteiger partial charge in [-0.15, -0.1) is 0 Å².